The molecule has 0 aromatic carbocycles. The number of nitrogens with zero attached hydrogens (tertiary/aromatic N) is 1. The number of rotatable bonds is 3. The summed E-state index contributed by atoms with van der Waals surface area (Å²) in [5, 5.41) is 5.55. The molecule has 4 rings (SSSR count). The Kier molecular flexibility index (Phi) is 3.53. The molecule has 1 N–H and O–H groups in total. The molecule has 1 aliphatic carbocycles. The van der Waals surface area contributed by atoms with E-state index in [2.05, 4.69) is 10.3 Å². The van der Waals surface area contributed by atoms with Crippen LogP contribution >= 0.6 is 11.3 Å². The summed E-state index contributed by atoms with van der Waals surface area (Å²) in [6.45, 7) is 1.89. The lowest BCUT2D eigenvalue weighted by molar-refractivity contribution is 0.0928. The van der Waals surface area contributed by atoms with Crippen LogP contribution in [0.15, 0.2) is 38.7 Å². The molecular weight excluding hydrogens is 312 g/mol. The van der Waals surface area contributed by atoms with Crippen molar-refractivity contribution in [3.05, 3.63) is 52.6 Å². The number of aromatic nitrogens is 1. The van der Waals surface area contributed by atoms with Crippen molar-refractivity contribution in [1.82, 2.24) is 10.3 Å². The van der Waals surface area contributed by atoms with Gasteiger partial charge in [-0.15, -0.1) is 11.3 Å². The number of fused-ring (bicyclic) bond motifs is 1. The predicted molar refractivity (Wildman–Crippen MR) is 86.4 cm³/mol. The molecule has 118 valence electrons. The largest absolute Gasteiger partial charge is 0.469 e. The van der Waals surface area contributed by atoms with Gasteiger partial charge in [-0.2, -0.15) is 0 Å². The van der Waals surface area contributed by atoms with E-state index in [1.165, 1.54) is 11.3 Å². The highest BCUT2D eigenvalue weighted by atomic mass is 32.1. The molecule has 6 heteroatoms. The highest BCUT2D eigenvalue weighted by molar-refractivity contribution is 7.13. The topological polar surface area (TPSA) is 68.3 Å². The Morgan fingerprint density at radius 1 is 1.39 bits per heavy atom. The van der Waals surface area contributed by atoms with Gasteiger partial charge in [-0.1, -0.05) is 0 Å². The maximum absolute atomic E-state index is 12.5. The molecule has 3 aromatic heterocycles. The second kappa shape index (κ2) is 5.70. The van der Waals surface area contributed by atoms with Gasteiger partial charge >= 0.3 is 0 Å². The Labute approximate surface area is 137 Å². The molecule has 0 saturated heterocycles. The van der Waals surface area contributed by atoms with Gasteiger partial charge in [0.05, 0.1) is 12.3 Å². The summed E-state index contributed by atoms with van der Waals surface area (Å²) in [6, 6.07) is 5.70. The van der Waals surface area contributed by atoms with E-state index in [0.717, 1.165) is 41.4 Å². The number of carbonyl (C=O) groups is 1. The van der Waals surface area contributed by atoms with Gasteiger partial charge in [-0.25, -0.2) is 4.98 Å². The number of nitrogens with one attached hydrogen (secondary N) is 1. The molecule has 3 aromatic rings. The molecule has 0 saturated carbocycles. The van der Waals surface area contributed by atoms with Crippen LogP contribution in [-0.2, 0) is 6.42 Å². The van der Waals surface area contributed by atoms with Crippen molar-refractivity contribution in [3.8, 4) is 10.8 Å². The van der Waals surface area contributed by atoms with Gasteiger partial charge < -0.3 is 14.2 Å². The van der Waals surface area contributed by atoms with Crippen LogP contribution in [0.1, 0.15) is 46.5 Å². The number of thiazole rings is 1. The van der Waals surface area contributed by atoms with Crippen molar-refractivity contribution in [1.29, 1.82) is 0 Å². The molecule has 0 aliphatic heterocycles. The first-order valence-electron chi connectivity index (χ1n) is 7.60. The Balaban J connectivity index is 1.51. The molecule has 1 amide bonds. The van der Waals surface area contributed by atoms with Crippen LogP contribution in [0.3, 0.4) is 0 Å². The lowest BCUT2D eigenvalue weighted by Gasteiger charge is -2.22. The first-order chi connectivity index (χ1) is 11.2. The normalized spacial score (nSPS) is 17.0. The third-order valence-electron chi connectivity index (χ3n) is 4.05. The quantitative estimate of drug-likeness (QED) is 0.785. The minimum atomic E-state index is -0.158. The molecule has 3 heterocycles. The van der Waals surface area contributed by atoms with Crippen molar-refractivity contribution in [2.24, 2.45) is 0 Å². The SMILES string of the molecule is Cc1ccc(-c2nc(C(=O)NC3CCCc4occc43)cs2)o1. The van der Waals surface area contributed by atoms with E-state index in [-0.39, 0.29) is 11.9 Å². The van der Waals surface area contributed by atoms with E-state index >= 15 is 0 Å². The maximum atomic E-state index is 12.5. The summed E-state index contributed by atoms with van der Waals surface area (Å²) in [5.41, 5.74) is 1.51. The number of hydrogen-bond acceptors (Lipinski definition) is 5. The average molecular weight is 328 g/mol. The summed E-state index contributed by atoms with van der Waals surface area (Å²) in [4.78, 5) is 16.9. The Morgan fingerprint density at radius 3 is 3.13 bits per heavy atom. The molecule has 1 aliphatic rings. The third-order valence-corrected chi connectivity index (χ3v) is 4.90. The highest BCUT2D eigenvalue weighted by Gasteiger charge is 2.25. The number of carbonyl (C=O) groups excluding carboxylic acids is 1. The molecular formula is C17H16N2O3S. The maximum Gasteiger partial charge on any atom is 0.271 e. The van der Waals surface area contributed by atoms with Gasteiger partial charge in [-0.05, 0) is 38.0 Å². The van der Waals surface area contributed by atoms with Crippen LogP contribution in [-0.4, -0.2) is 10.9 Å². The Hall–Kier alpha value is -2.34. The lowest BCUT2D eigenvalue weighted by atomic mass is 9.93. The standard InChI is InChI=1S/C17H16N2O3S/c1-10-5-6-15(22-10)17-19-13(9-23-17)16(20)18-12-3-2-4-14-11(12)7-8-21-14/h5-9,12H,2-4H2,1H3,(H,18,20). The van der Waals surface area contributed by atoms with E-state index in [1.54, 1.807) is 11.6 Å². The number of furan rings is 2. The fraction of sp³-hybridized carbons (Fsp3) is 0.294. The van der Waals surface area contributed by atoms with Crippen LogP contribution in [0.4, 0.5) is 0 Å². The molecule has 0 radical (unpaired) electrons. The van der Waals surface area contributed by atoms with E-state index in [4.69, 9.17) is 8.83 Å². The van der Waals surface area contributed by atoms with Crippen LogP contribution in [0.5, 0.6) is 0 Å². The third kappa shape index (κ3) is 2.70. The number of aryl methyl sites for hydroxylation is 2. The van der Waals surface area contributed by atoms with Gasteiger partial charge in [0, 0.05) is 17.4 Å². The van der Waals surface area contributed by atoms with Crippen LogP contribution < -0.4 is 5.32 Å². The summed E-state index contributed by atoms with van der Waals surface area (Å²) >= 11 is 1.41. The zero-order chi connectivity index (χ0) is 15.8. The smallest absolute Gasteiger partial charge is 0.271 e. The average Bonchev–Trinajstić information content (AvgIpc) is 3.27. The minimum Gasteiger partial charge on any atom is -0.469 e. The summed E-state index contributed by atoms with van der Waals surface area (Å²) in [6.07, 6.45) is 4.56. The van der Waals surface area contributed by atoms with Crippen LogP contribution in [0, 0.1) is 6.92 Å². The fourth-order valence-corrected chi connectivity index (χ4v) is 3.67. The van der Waals surface area contributed by atoms with Crippen molar-refractivity contribution in [2.75, 3.05) is 0 Å². The van der Waals surface area contributed by atoms with Crippen molar-refractivity contribution < 1.29 is 13.6 Å². The monoisotopic (exact) mass is 328 g/mol. The Bertz CT molecular complexity index is 846. The zero-order valence-corrected chi connectivity index (χ0v) is 13.5. The second-order valence-electron chi connectivity index (χ2n) is 5.67. The first-order valence-corrected chi connectivity index (χ1v) is 8.48. The van der Waals surface area contributed by atoms with E-state index in [0.29, 0.717) is 11.5 Å². The summed E-state index contributed by atoms with van der Waals surface area (Å²) in [5.74, 6) is 2.35. The van der Waals surface area contributed by atoms with Gasteiger partial charge in [0.2, 0.25) is 0 Å². The van der Waals surface area contributed by atoms with Crippen molar-refractivity contribution in [3.63, 3.8) is 0 Å². The van der Waals surface area contributed by atoms with E-state index < -0.39 is 0 Å². The molecule has 0 bridgehead atoms. The molecule has 1 unspecified atom stereocenters. The molecule has 0 spiro atoms. The molecule has 23 heavy (non-hydrogen) atoms. The van der Waals surface area contributed by atoms with Crippen molar-refractivity contribution in [2.45, 2.75) is 32.2 Å². The first kappa shape index (κ1) is 14.3. The van der Waals surface area contributed by atoms with E-state index in [1.807, 2.05) is 25.1 Å². The summed E-state index contributed by atoms with van der Waals surface area (Å²) < 4.78 is 11.0. The van der Waals surface area contributed by atoms with Gasteiger partial charge in [0.1, 0.15) is 17.2 Å². The zero-order valence-electron chi connectivity index (χ0n) is 12.7. The predicted octanol–water partition coefficient (Wildman–Crippen LogP) is 4.11. The Morgan fingerprint density at radius 2 is 2.30 bits per heavy atom. The van der Waals surface area contributed by atoms with Crippen LogP contribution in [0.2, 0.25) is 0 Å². The lowest BCUT2D eigenvalue weighted by Crippen LogP contribution is -2.30. The number of hydrogen-bond donors (Lipinski definition) is 1. The molecule has 0 fully saturated rings. The van der Waals surface area contributed by atoms with Gasteiger partial charge in [0.25, 0.3) is 5.91 Å². The van der Waals surface area contributed by atoms with Gasteiger partial charge in [-0.3, -0.25) is 4.79 Å². The summed E-state index contributed by atoms with van der Waals surface area (Å²) in [7, 11) is 0. The molecule has 5 nitrogen and oxygen atoms in total. The van der Waals surface area contributed by atoms with Gasteiger partial charge in [0.15, 0.2) is 10.8 Å². The molecule has 1 atom stereocenters. The van der Waals surface area contributed by atoms with E-state index in [9.17, 15) is 4.79 Å². The highest BCUT2D eigenvalue weighted by Crippen LogP contribution is 2.31. The van der Waals surface area contributed by atoms with Crippen molar-refractivity contribution >= 4 is 17.2 Å². The van der Waals surface area contributed by atoms with Crippen LogP contribution in [0.25, 0.3) is 10.8 Å². The number of amides is 1. The minimum absolute atomic E-state index is 0.000933. The fourth-order valence-electron chi connectivity index (χ4n) is 2.91. The second-order valence-corrected chi connectivity index (χ2v) is 6.52.